The third kappa shape index (κ3) is 10.9. The molecular weight excluding hydrogens is 905 g/mol. The predicted molar refractivity (Wildman–Crippen MR) is 273 cm³/mol. The molecule has 390 valence electrons. The van der Waals surface area contributed by atoms with Crippen molar-refractivity contribution in [3.05, 3.63) is 58.0 Å². The van der Waals surface area contributed by atoms with Gasteiger partial charge in [-0.3, -0.25) is 19.6 Å². The monoisotopic (exact) mass is 985 g/mol. The van der Waals surface area contributed by atoms with E-state index in [0.717, 1.165) is 65.5 Å². The van der Waals surface area contributed by atoms with Crippen LogP contribution in [0.5, 0.6) is 17.2 Å². The molecule has 7 aliphatic rings. The molecule has 7 heterocycles. The van der Waals surface area contributed by atoms with Crippen LogP contribution in [-0.4, -0.2) is 137 Å². The molecule has 16 heteroatoms. The molecule has 1 unspecified atom stereocenters. The minimum Gasteiger partial charge on any atom is -0.507 e. The van der Waals surface area contributed by atoms with Gasteiger partial charge < -0.3 is 54.7 Å². The second kappa shape index (κ2) is 21.6. The lowest BCUT2D eigenvalue weighted by atomic mass is 9.72. The third-order valence-electron chi connectivity index (χ3n) is 16.1. The van der Waals surface area contributed by atoms with Gasteiger partial charge in [0.15, 0.2) is 11.4 Å². The number of benzene rings is 2. The summed E-state index contributed by atoms with van der Waals surface area (Å²) in [6, 6.07) is 0. The number of phenolic OH excluding ortho intramolecular Hbond substituents is 2. The molecule has 0 aliphatic carbocycles. The average molecular weight is 985 g/mol. The zero-order valence-electron chi connectivity index (χ0n) is 44.0. The Morgan fingerprint density at radius 1 is 0.930 bits per heavy atom. The van der Waals surface area contributed by atoms with Crippen molar-refractivity contribution in [2.45, 2.75) is 137 Å². The number of nitrogens with zero attached hydrogens (tertiary/aromatic N) is 5. The molecule has 9 rings (SSSR count). The maximum Gasteiger partial charge on any atom is 0.410 e. The van der Waals surface area contributed by atoms with Crippen molar-refractivity contribution in [2.24, 2.45) is 45.0 Å². The number of rotatable bonds is 3. The Morgan fingerprint density at radius 2 is 1.61 bits per heavy atom. The number of piperidine rings is 3. The molecule has 2 aromatic rings. The van der Waals surface area contributed by atoms with E-state index in [-0.39, 0.29) is 79.1 Å². The molecule has 7 atom stereocenters. The SMILES string of the molecule is C/C1=C/C=C/[C@H](C)C[C@@H](C)[C@@H](O)[C@@H](C)C(OC(=O)N2CCCC3(CCN(C)CC3)C2)[C@H](C)C/C=C/O[C@@]2(C)Oc3c(C)c(O)c4c(O)c(c5c(c4c3C2=O)=NC2(CCN(CC(C)C)CC2)N=5)NC1=O.CO. The topological polar surface area (TPSA) is 206 Å². The Labute approximate surface area is 419 Å². The second-order valence-electron chi connectivity index (χ2n) is 22.2. The van der Waals surface area contributed by atoms with Gasteiger partial charge in [-0.1, -0.05) is 59.8 Å². The van der Waals surface area contributed by atoms with Crippen LogP contribution in [0.2, 0.25) is 0 Å². The Balaban J connectivity index is 0.00000366. The van der Waals surface area contributed by atoms with Gasteiger partial charge in [-0.05, 0) is 108 Å². The zero-order valence-corrected chi connectivity index (χ0v) is 44.0. The highest BCUT2D eigenvalue weighted by Gasteiger charge is 2.50. The van der Waals surface area contributed by atoms with Gasteiger partial charge in [-0.25, -0.2) is 4.79 Å². The lowest BCUT2D eigenvalue weighted by Gasteiger charge is -2.47. The first kappa shape index (κ1) is 53.8. The number of carbonyl (C=O) groups excluding carboxylic acids is 3. The van der Waals surface area contributed by atoms with Crippen molar-refractivity contribution in [1.29, 1.82) is 0 Å². The lowest BCUT2D eigenvalue weighted by molar-refractivity contribution is -0.112. The fourth-order valence-corrected chi connectivity index (χ4v) is 11.9. The number of hydrogen-bond donors (Lipinski definition) is 5. The average Bonchev–Trinajstić information content (AvgIpc) is 3.84. The van der Waals surface area contributed by atoms with Crippen molar-refractivity contribution in [2.75, 3.05) is 65.3 Å². The van der Waals surface area contributed by atoms with Crippen LogP contribution in [0.15, 0.2) is 46.1 Å². The summed E-state index contributed by atoms with van der Waals surface area (Å²) in [5.74, 6) is -3.94. The van der Waals surface area contributed by atoms with Crippen LogP contribution in [0.4, 0.5) is 10.5 Å². The molecule has 3 fully saturated rings. The molecule has 7 aliphatic heterocycles. The van der Waals surface area contributed by atoms with E-state index in [1.165, 1.54) is 13.2 Å². The maximum atomic E-state index is 14.9. The number of allylic oxidation sites excluding steroid dienone is 4. The quantitative estimate of drug-likeness (QED) is 0.195. The van der Waals surface area contributed by atoms with Gasteiger partial charge in [0.25, 0.3) is 11.7 Å². The van der Waals surface area contributed by atoms with E-state index < -0.39 is 47.0 Å². The number of aliphatic hydroxyl groups excluding tert-OH is 2. The molecule has 0 saturated carbocycles. The van der Waals surface area contributed by atoms with Gasteiger partial charge in [0, 0.05) is 82.0 Å². The summed E-state index contributed by atoms with van der Waals surface area (Å²) in [6.07, 6.45) is 13.2. The summed E-state index contributed by atoms with van der Waals surface area (Å²) in [6.45, 7) is 22.9. The number of aromatic hydroxyl groups is 2. The number of ether oxygens (including phenoxy) is 3. The molecular formula is C55H80N6O10. The molecule has 3 saturated heterocycles. The number of hydrogen-bond acceptors (Lipinski definition) is 14. The van der Waals surface area contributed by atoms with Crippen molar-refractivity contribution in [3.63, 3.8) is 0 Å². The maximum absolute atomic E-state index is 14.9. The van der Waals surface area contributed by atoms with E-state index in [1.807, 2.05) is 37.8 Å². The summed E-state index contributed by atoms with van der Waals surface area (Å²) in [7, 11) is 3.15. The second-order valence-corrected chi connectivity index (χ2v) is 22.2. The zero-order chi connectivity index (χ0) is 51.7. The molecule has 5 bridgehead atoms. The number of phenols is 2. The highest BCUT2D eigenvalue weighted by Crippen LogP contribution is 2.50. The number of amides is 2. The van der Waals surface area contributed by atoms with Crippen molar-refractivity contribution in [1.82, 2.24) is 14.7 Å². The van der Waals surface area contributed by atoms with Crippen LogP contribution in [0.1, 0.15) is 123 Å². The number of nitrogens with one attached hydrogen (secondary N) is 1. The van der Waals surface area contributed by atoms with Gasteiger partial charge in [0.1, 0.15) is 28.6 Å². The third-order valence-corrected chi connectivity index (χ3v) is 16.1. The largest absolute Gasteiger partial charge is 0.507 e. The van der Waals surface area contributed by atoms with Gasteiger partial charge in [-0.2, -0.15) is 0 Å². The molecule has 16 nitrogen and oxygen atoms in total. The lowest BCUT2D eigenvalue weighted by Crippen LogP contribution is -2.52. The Morgan fingerprint density at radius 3 is 2.28 bits per heavy atom. The first-order valence-corrected chi connectivity index (χ1v) is 25.9. The Kier molecular flexibility index (Phi) is 16.3. The number of anilines is 1. The van der Waals surface area contributed by atoms with E-state index >= 15 is 0 Å². The van der Waals surface area contributed by atoms with Gasteiger partial charge in [0.05, 0.1) is 28.7 Å². The van der Waals surface area contributed by atoms with Crippen LogP contribution in [0.25, 0.3) is 10.8 Å². The predicted octanol–water partition coefficient (Wildman–Crippen LogP) is 7.14. The highest BCUT2D eigenvalue weighted by molar-refractivity contribution is 6.19. The molecule has 2 aromatic carbocycles. The van der Waals surface area contributed by atoms with E-state index in [1.54, 1.807) is 26.0 Å². The number of likely N-dealkylation sites (tertiary alicyclic amines) is 3. The molecule has 71 heavy (non-hydrogen) atoms. The van der Waals surface area contributed by atoms with E-state index in [2.05, 4.69) is 42.9 Å². The van der Waals surface area contributed by atoms with Crippen molar-refractivity contribution >= 4 is 34.2 Å². The van der Waals surface area contributed by atoms with Crippen LogP contribution >= 0.6 is 0 Å². The van der Waals surface area contributed by atoms with Gasteiger partial charge in [0.2, 0.25) is 0 Å². The molecule has 2 amide bonds. The molecule has 0 radical (unpaired) electrons. The van der Waals surface area contributed by atoms with Gasteiger partial charge >= 0.3 is 11.9 Å². The van der Waals surface area contributed by atoms with Crippen LogP contribution in [0, 0.1) is 41.9 Å². The fourth-order valence-electron chi connectivity index (χ4n) is 11.9. The van der Waals surface area contributed by atoms with Crippen LogP contribution in [-0.2, 0) is 14.3 Å². The van der Waals surface area contributed by atoms with E-state index in [0.29, 0.717) is 50.3 Å². The highest BCUT2D eigenvalue weighted by atomic mass is 16.7. The van der Waals surface area contributed by atoms with Crippen LogP contribution < -0.4 is 20.8 Å². The normalized spacial score (nSPS) is 30.8. The number of Topliss-reactive ketones (excluding diaryl/α,β-unsaturated/α-hetero) is 1. The van der Waals surface area contributed by atoms with E-state index in [4.69, 9.17) is 29.3 Å². The number of aliphatic hydroxyl groups is 2. The standard InChI is InChI=1S/C54H76N6O9.CH4O/c1-31(2)29-59-25-20-54(21-26-59)56-41-38-39-45(62)37(8)48-40(38)49(64)52(9,69-48)67-27-12-16-33(4)47(68-51(66)60-22-13-17-53(30-60)18-23-58(10)24-19-53)36(7)44(61)35(6)28-32(3)14-11-15-34(5)50(65)55-43(46(39)63)42(41)57-54;1-2/h11-12,14-15,27,31-33,35-36,44,47,61-63H,13,16-26,28-30H2,1-10H3,(H,55,65);2H,1H3/b14-11+,27-12+,34-15-;/t32-,33+,35+,36+,44+,47?,52-;/m0./s1. The minimum absolute atomic E-state index is 0.00221. The number of ketones is 1. The number of fused-ring (bicyclic) bond motifs is 13. The molecule has 5 N–H and O–H groups in total. The first-order valence-electron chi connectivity index (χ1n) is 25.9. The Hall–Kier alpha value is -5.03. The summed E-state index contributed by atoms with van der Waals surface area (Å²) in [5, 5.41) is 46.7. The number of carbonyl (C=O) groups is 3. The molecule has 0 aromatic heterocycles. The fraction of sp³-hybridized carbons (Fsp3) is 0.655. The summed E-state index contributed by atoms with van der Waals surface area (Å²) < 4.78 is 19.1. The van der Waals surface area contributed by atoms with E-state index in [9.17, 15) is 29.7 Å². The summed E-state index contributed by atoms with van der Waals surface area (Å²) in [4.78, 5) is 60.1. The van der Waals surface area contributed by atoms with Crippen LogP contribution in [0.3, 0.4) is 0 Å². The Bertz CT molecular complexity index is 2560. The van der Waals surface area contributed by atoms with Crippen molar-refractivity contribution in [3.8, 4) is 17.2 Å². The minimum atomic E-state index is -1.87. The summed E-state index contributed by atoms with van der Waals surface area (Å²) in [5.41, 5.74) is -0.184. The molecule has 2 spiro atoms. The summed E-state index contributed by atoms with van der Waals surface area (Å²) >= 11 is 0. The first-order chi connectivity index (χ1) is 33.6. The smallest absolute Gasteiger partial charge is 0.410 e. The van der Waals surface area contributed by atoms with Gasteiger partial charge in [-0.15, -0.1) is 0 Å². The van der Waals surface area contributed by atoms with Crippen molar-refractivity contribution < 1.29 is 49.0 Å².